The third kappa shape index (κ3) is 3.78. The molecule has 3 heterocycles. The number of aliphatic hydroxyl groups is 1. The number of carbonyl (C=O) groups excluding carboxylic acids is 1. The van der Waals surface area contributed by atoms with Crippen molar-refractivity contribution in [3.05, 3.63) is 52.7 Å². The van der Waals surface area contributed by atoms with E-state index in [9.17, 15) is 23.1 Å². The predicted molar refractivity (Wildman–Crippen MR) is 89.2 cm³/mol. The van der Waals surface area contributed by atoms with Crippen LogP contribution in [0.5, 0.6) is 0 Å². The monoisotopic (exact) mass is 432 g/mol. The molecular formula is C17H16BrF3N2O3. The van der Waals surface area contributed by atoms with E-state index in [-0.39, 0.29) is 12.1 Å². The summed E-state index contributed by atoms with van der Waals surface area (Å²) in [4.78, 5) is 18.0. The number of pyridine rings is 1. The molecule has 1 aliphatic heterocycles. The molecule has 9 heteroatoms. The van der Waals surface area contributed by atoms with Crippen LogP contribution in [0, 0.1) is 11.8 Å². The van der Waals surface area contributed by atoms with Crippen molar-refractivity contribution in [2.75, 3.05) is 13.2 Å². The molecule has 3 rings (SSSR count). The highest BCUT2D eigenvalue weighted by molar-refractivity contribution is 9.10. The van der Waals surface area contributed by atoms with E-state index in [1.165, 1.54) is 18.5 Å². The van der Waals surface area contributed by atoms with Gasteiger partial charge in [0, 0.05) is 29.7 Å². The van der Waals surface area contributed by atoms with Crippen LogP contribution >= 0.6 is 15.9 Å². The average molecular weight is 433 g/mol. The Kier molecular flexibility index (Phi) is 5.38. The van der Waals surface area contributed by atoms with Crippen molar-refractivity contribution >= 4 is 21.8 Å². The van der Waals surface area contributed by atoms with E-state index >= 15 is 0 Å². The van der Waals surface area contributed by atoms with Gasteiger partial charge in [-0.25, -0.2) is 4.98 Å². The van der Waals surface area contributed by atoms with Crippen molar-refractivity contribution < 1.29 is 27.5 Å². The predicted octanol–water partition coefficient (Wildman–Crippen LogP) is 3.81. The molecule has 1 amide bonds. The number of hydrogen-bond acceptors (Lipinski definition) is 4. The fraction of sp³-hybridized carbons (Fsp3) is 0.412. The molecular weight excluding hydrogens is 417 g/mol. The lowest BCUT2D eigenvalue weighted by molar-refractivity contribution is -0.195. The van der Waals surface area contributed by atoms with Gasteiger partial charge in [-0.2, -0.15) is 13.2 Å². The first-order valence-corrected chi connectivity index (χ1v) is 8.74. The Hall–Kier alpha value is -1.87. The summed E-state index contributed by atoms with van der Waals surface area (Å²) in [5.41, 5.74) is 0.0317. The van der Waals surface area contributed by atoms with E-state index in [2.05, 4.69) is 20.9 Å². The number of likely N-dealkylation sites (tertiary alicyclic amines) is 1. The normalized spacial score (nSPS) is 23.9. The van der Waals surface area contributed by atoms with Crippen molar-refractivity contribution in [2.45, 2.75) is 18.6 Å². The third-order valence-electron chi connectivity index (χ3n) is 4.53. The zero-order valence-electron chi connectivity index (χ0n) is 13.5. The maximum atomic E-state index is 13.3. The second-order valence-electron chi connectivity index (χ2n) is 6.20. The zero-order chi connectivity index (χ0) is 18.9. The molecule has 1 aliphatic rings. The molecule has 3 atom stereocenters. The summed E-state index contributed by atoms with van der Waals surface area (Å²) in [6, 6.07) is 5.44. The summed E-state index contributed by atoms with van der Waals surface area (Å²) in [5.74, 6) is -2.80. The third-order valence-corrected chi connectivity index (χ3v) is 5.00. The number of nitrogens with zero attached hydrogens (tertiary/aromatic N) is 2. The quantitative estimate of drug-likeness (QED) is 0.800. The van der Waals surface area contributed by atoms with Crippen LogP contribution in [0.4, 0.5) is 13.2 Å². The van der Waals surface area contributed by atoms with Crippen LogP contribution in [0.2, 0.25) is 0 Å². The summed E-state index contributed by atoms with van der Waals surface area (Å²) < 4.78 is 46.0. The van der Waals surface area contributed by atoms with E-state index in [4.69, 9.17) is 4.42 Å². The highest BCUT2D eigenvalue weighted by Crippen LogP contribution is 2.44. The molecule has 0 aromatic carbocycles. The van der Waals surface area contributed by atoms with E-state index in [1.54, 1.807) is 18.2 Å². The topological polar surface area (TPSA) is 66.6 Å². The van der Waals surface area contributed by atoms with Crippen molar-refractivity contribution in [3.63, 3.8) is 0 Å². The SMILES string of the molecule is O=C(c1ccc(Br)cn1)N1CC(C(F)(F)F)CC(CO)C1c1ccco1. The molecule has 26 heavy (non-hydrogen) atoms. The number of amides is 1. The molecule has 1 fully saturated rings. The standard InChI is InChI=1S/C17H16BrF3N2O3/c18-12-3-4-13(22-7-12)16(25)23-8-11(17(19,20)21)6-10(9-24)15(23)14-2-1-5-26-14/h1-5,7,10-11,15,24H,6,8-9H2. The number of furan rings is 1. The second kappa shape index (κ2) is 7.40. The van der Waals surface area contributed by atoms with Crippen LogP contribution in [0.1, 0.15) is 28.7 Å². The Morgan fingerprint density at radius 1 is 1.38 bits per heavy atom. The fourth-order valence-corrected chi connectivity index (χ4v) is 3.52. The van der Waals surface area contributed by atoms with E-state index in [0.29, 0.717) is 10.2 Å². The zero-order valence-corrected chi connectivity index (χ0v) is 15.1. The highest BCUT2D eigenvalue weighted by atomic mass is 79.9. The number of aliphatic hydroxyl groups excluding tert-OH is 1. The van der Waals surface area contributed by atoms with Gasteiger partial charge in [-0.15, -0.1) is 0 Å². The number of piperidine rings is 1. The number of rotatable bonds is 3. The summed E-state index contributed by atoms with van der Waals surface area (Å²) in [6.45, 7) is -1.00. The van der Waals surface area contributed by atoms with Crippen LogP contribution in [0.25, 0.3) is 0 Å². The number of hydrogen-bond donors (Lipinski definition) is 1. The lowest BCUT2D eigenvalue weighted by Crippen LogP contribution is -2.50. The molecule has 1 N–H and O–H groups in total. The first kappa shape index (κ1) is 18.9. The van der Waals surface area contributed by atoms with Gasteiger partial charge in [-0.05, 0) is 46.6 Å². The van der Waals surface area contributed by atoms with Gasteiger partial charge in [-0.3, -0.25) is 4.79 Å². The van der Waals surface area contributed by atoms with Gasteiger partial charge in [0.05, 0.1) is 18.2 Å². The largest absolute Gasteiger partial charge is 0.467 e. The van der Waals surface area contributed by atoms with Crippen LogP contribution in [-0.2, 0) is 0 Å². The average Bonchev–Trinajstić information content (AvgIpc) is 3.14. The van der Waals surface area contributed by atoms with Crippen molar-refractivity contribution in [1.29, 1.82) is 0 Å². The molecule has 2 aromatic rings. The Morgan fingerprint density at radius 2 is 2.15 bits per heavy atom. The first-order chi connectivity index (χ1) is 12.3. The lowest BCUT2D eigenvalue weighted by Gasteiger charge is -2.43. The molecule has 1 saturated heterocycles. The van der Waals surface area contributed by atoms with Crippen molar-refractivity contribution in [1.82, 2.24) is 9.88 Å². The first-order valence-electron chi connectivity index (χ1n) is 7.94. The van der Waals surface area contributed by atoms with Crippen molar-refractivity contribution in [3.8, 4) is 0 Å². The summed E-state index contributed by atoms with van der Waals surface area (Å²) in [6.07, 6.45) is -1.94. The minimum Gasteiger partial charge on any atom is -0.467 e. The molecule has 5 nitrogen and oxygen atoms in total. The number of aromatic nitrogens is 1. The van der Waals surface area contributed by atoms with E-state index < -0.39 is 43.1 Å². The van der Waals surface area contributed by atoms with Crippen LogP contribution in [-0.4, -0.2) is 40.2 Å². The van der Waals surface area contributed by atoms with Crippen LogP contribution < -0.4 is 0 Å². The van der Waals surface area contributed by atoms with Gasteiger partial charge in [-0.1, -0.05) is 0 Å². The summed E-state index contributed by atoms with van der Waals surface area (Å²) >= 11 is 3.21. The van der Waals surface area contributed by atoms with Crippen LogP contribution in [0.3, 0.4) is 0 Å². The van der Waals surface area contributed by atoms with Crippen LogP contribution in [0.15, 0.2) is 45.6 Å². The smallest absolute Gasteiger partial charge is 0.393 e. The summed E-state index contributed by atoms with van der Waals surface area (Å²) in [5, 5.41) is 9.68. The van der Waals surface area contributed by atoms with Gasteiger partial charge in [0.1, 0.15) is 11.5 Å². The minimum atomic E-state index is -4.47. The Labute approximate surface area is 155 Å². The maximum Gasteiger partial charge on any atom is 0.393 e. The number of carbonyl (C=O) groups is 1. The Morgan fingerprint density at radius 3 is 2.69 bits per heavy atom. The number of alkyl halides is 3. The Balaban J connectivity index is 1.99. The van der Waals surface area contributed by atoms with E-state index in [0.717, 1.165) is 4.90 Å². The molecule has 3 unspecified atom stereocenters. The lowest BCUT2D eigenvalue weighted by atomic mass is 9.81. The van der Waals surface area contributed by atoms with Gasteiger partial charge < -0.3 is 14.4 Å². The maximum absolute atomic E-state index is 13.3. The molecule has 0 spiro atoms. The van der Waals surface area contributed by atoms with Gasteiger partial charge >= 0.3 is 6.18 Å². The van der Waals surface area contributed by atoms with Gasteiger partial charge in [0.25, 0.3) is 5.91 Å². The molecule has 140 valence electrons. The molecule has 0 radical (unpaired) electrons. The highest BCUT2D eigenvalue weighted by Gasteiger charge is 2.50. The molecule has 2 aromatic heterocycles. The van der Waals surface area contributed by atoms with Gasteiger partial charge in [0.15, 0.2) is 0 Å². The minimum absolute atomic E-state index is 0.0317. The molecule has 0 bridgehead atoms. The summed E-state index contributed by atoms with van der Waals surface area (Å²) in [7, 11) is 0. The fourth-order valence-electron chi connectivity index (χ4n) is 3.29. The second-order valence-corrected chi connectivity index (χ2v) is 7.11. The van der Waals surface area contributed by atoms with Crippen molar-refractivity contribution in [2.24, 2.45) is 11.8 Å². The van der Waals surface area contributed by atoms with E-state index in [1.807, 2.05) is 0 Å². The van der Waals surface area contributed by atoms with Gasteiger partial charge in [0.2, 0.25) is 0 Å². The number of halogens is 4. The Bertz CT molecular complexity index is 750. The molecule has 0 aliphatic carbocycles. The molecule has 0 saturated carbocycles.